The van der Waals surface area contributed by atoms with Gasteiger partial charge in [0.25, 0.3) is 0 Å². The van der Waals surface area contributed by atoms with Crippen molar-refractivity contribution >= 4 is 5.97 Å². The molecule has 0 amide bonds. The Morgan fingerprint density at radius 2 is 2.11 bits per heavy atom. The maximum atomic E-state index is 10.7. The lowest BCUT2D eigenvalue weighted by molar-refractivity contribution is 0.0690. The van der Waals surface area contributed by atoms with E-state index in [0.717, 1.165) is 24.5 Å². The molecule has 0 atom stereocenters. The number of hydrogen-bond donors (Lipinski definition) is 1. The van der Waals surface area contributed by atoms with E-state index in [9.17, 15) is 4.79 Å². The van der Waals surface area contributed by atoms with Gasteiger partial charge in [0.05, 0.1) is 19.3 Å². The van der Waals surface area contributed by atoms with Crippen molar-refractivity contribution in [2.45, 2.75) is 39.8 Å². The molecule has 2 aromatic rings. The van der Waals surface area contributed by atoms with Gasteiger partial charge in [0.1, 0.15) is 5.82 Å². The highest BCUT2D eigenvalue weighted by Gasteiger charge is 2.10. The number of aryl methyl sites for hydroxylation is 4. The monoisotopic (exact) mass is 264 g/mol. The lowest BCUT2D eigenvalue weighted by Crippen LogP contribution is -2.12. The normalized spacial score (nSPS) is 10.8. The minimum atomic E-state index is -1.07. The van der Waals surface area contributed by atoms with Gasteiger partial charge in [-0.3, -0.25) is 0 Å². The Morgan fingerprint density at radius 3 is 2.68 bits per heavy atom. The van der Waals surface area contributed by atoms with Crippen LogP contribution in [0.3, 0.4) is 0 Å². The molecule has 8 nitrogen and oxygen atoms in total. The Bertz CT molecular complexity index is 574. The first kappa shape index (κ1) is 13.2. The first-order valence-corrected chi connectivity index (χ1v) is 6.20. The molecule has 102 valence electrons. The fourth-order valence-electron chi connectivity index (χ4n) is 1.72. The highest BCUT2D eigenvalue weighted by molar-refractivity contribution is 5.84. The number of aromatic carboxylic acids is 1. The summed E-state index contributed by atoms with van der Waals surface area (Å²) in [5.41, 5.74) is -0.0523. The summed E-state index contributed by atoms with van der Waals surface area (Å²) in [5.74, 6) is 0.673. The zero-order chi connectivity index (χ0) is 13.8. The van der Waals surface area contributed by atoms with Crippen LogP contribution in [0.2, 0.25) is 0 Å². The zero-order valence-electron chi connectivity index (χ0n) is 10.9. The van der Waals surface area contributed by atoms with Gasteiger partial charge in [-0.1, -0.05) is 19.1 Å². The lowest BCUT2D eigenvalue weighted by atomic mass is 10.4. The van der Waals surface area contributed by atoms with Crippen LogP contribution < -0.4 is 0 Å². The van der Waals surface area contributed by atoms with Crippen LogP contribution in [0.25, 0.3) is 0 Å². The molecular formula is C11H16N6O2. The Morgan fingerprint density at radius 1 is 1.32 bits per heavy atom. The molecule has 0 radical (unpaired) electrons. The van der Waals surface area contributed by atoms with E-state index in [1.54, 1.807) is 0 Å². The van der Waals surface area contributed by atoms with Crippen LogP contribution in [-0.4, -0.2) is 40.8 Å². The highest BCUT2D eigenvalue weighted by atomic mass is 16.4. The van der Waals surface area contributed by atoms with Crippen molar-refractivity contribution in [1.82, 2.24) is 29.8 Å². The molecule has 0 saturated heterocycles. The van der Waals surface area contributed by atoms with Crippen LogP contribution in [-0.2, 0) is 25.9 Å². The predicted octanol–water partition coefficient (Wildman–Crippen LogP) is 0.393. The number of aromatic nitrogens is 6. The molecule has 0 unspecified atom stereocenters. The molecule has 0 aliphatic rings. The van der Waals surface area contributed by atoms with Gasteiger partial charge in [-0.2, -0.15) is 5.10 Å². The van der Waals surface area contributed by atoms with E-state index >= 15 is 0 Å². The molecule has 0 spiro atoms. The average molecular weight is 264 g/mol. The summed E-state index contributed by atoms with van der Waals surface area (Å²) < 4.78 is 3.33. The summed E-state index contributed by atoms with van der Waals surface area (Å²) in [5, 5.41) is 20.5. The quantitative estimate of drug-likeness (QED) is 0.810. The van der Waals surface area contributed by atoms with Crippen molar-refractivity contribution in [3.8, 4) is 0 Å². The number of nitrogens with zero attached hydrogens (tertiary/aromatic N) is 6. The Hall–Kier alpha value is -2.25. The third-order valence-corrected chi connectivity index (χ3v) is 2.72. The molecule has 8 heteroatoms. The number of hydrogen-bond acceptors (Lipinski definition) is 5. The maximum Gasteiger partial charge on any atom is 0.358 e. The summed E-state index contributed by atoms with van der Waals surface area (Å²) in [6.07, 6.45) is 3.02. The summed E-state index contributed by atoms with van der Waals surface area (Å²) in [6.45, 7) is 5.14. The van der Waals surface area contributed by atoms with Gasteiger partial charge in [-0.15, -0.1) is 5.10 Å². The molecule has 2 aromatic heterocycles. The lowest BCUT2D eigenvalue weighted by Gasteiger charge is -2.03. The van der Waals surface area contributed by atoms with Crippen LogP contribution in [0, 0.1) is 0 Å². The van der Waals surface area contributed by atoms with Gasteiger partial charge in [-0.05, 0) is 0 Å². The first-order valence-electron chi connectivity index (χ1n) is 6.20. The van der Waals surface area contributed by atoms with Crippen LogP contribution >= 0.6 is 0 Å². The van der Waals surface area contributed by atoms with Gasteiger partial charge in [-0.25, -0.2) is 19.1 Å². The number of rotatable bonds is 6. The van der Waals surface area contributed by atoms with Crippen LogP contribution in [0.4, 0.5) is 0 Å². The highest BCUT2D eigenvalue weighted by Crippen LogP contribution is 2.02. The predicted molar refractivity (Wildman–Crippen MR) is 65.8 cm³/mol. The van der Waals surface area contributed by atoms with Crippen molar-refractivity contribution in [3.63, 3.8) is 0 Å². The van der Waals surface area contributed by atoms with Crippen molar-refractivity contribution < 1.29 is 9.90 Å². The molecule has 0 aliphatic heterocycles. The standard InChI is InChI=1S/C11H16N6O2/c1-3-9-12-10(4-2)17(14-9)6-5-16-7-8(11(18)19)13-15-16/h7H,3-6H2,1-2H3,(H,18,19). The Balaban J connectivity index is 2.05. The van der Waals surface area contributed by atoms with E-state index in [4.69, 9.17) is 5.11 Å². The fourth-order valence-corrected chi connectivity index (χ4v) is 1.72. The SMILES string of the molecule is CCc1nc(CC)n(CCn2cc(C(=O)O)nn2)n1. The summed E-state index contributed by atoms with van der Waals surface area (Å²) in [7, 11) is 0. The van der Waals surface area contributed by atoms with Gasteiger partial charge in [0.15, 0.2) is 11.5 Å². The Kier molecular flexibility index (Phi) is 3.88. The van der Waals surface area contributed by atoms with E-state index in [1.807, 2.05) is 18.5 Å². The Labute approximate surface area is 110 Å². The van der Waals surface area contributed by atoms with Gasteiger partial charge in [0.2, 0.25) is 0 Å². The van der Waals surface area contributed by atoms with E-state index in [1.165, 1.54) is 10.9 Å². The third kappa shape index (κ3) is 2.95. The molecule has 2 rings (SSSR count). The van der Waals surface area contributed by atoms with Crippen LogP contribution in [0.5, 0.6) is 0 Å². The van der Waals surface area contributed by atoms with Gasteiger partial charge >= 0.3 is 5.97 Å². The molecule has 2 heterocycles. The molecule has 19 heavy (non-hydrogen) atoms. The molecule has 0 aromatic carbocycles. The minimum absolute atomic E-state index is 0.0523. The van der Waals surface area contributed by atoms with Crippen LogP contribution in [0.15, 0.2) is 6.20 Å². The molecule has 0 saturated carbocycles. The van der Waals surface area contributed by atoms with Crippen molar-refractivity contribution in [1.29, 1.82) is 0 Å². The second kappa shape index (κ2) is 5.59. The third-order valence-electron chi connectivity index (χ3n) is 2.72. The number of carboxylic acids is 1. The summed E-state index contributed by atoms with van der Waals surface area (Å²) in [4.78, 5) is 15.1. The first-order chi connectivity index (χ1) is 9.13. The number of carbonyl (C=O) groups is 1. The largest absolute Gasteiger partial charge is 0.476 e. The molecule has 0 bridgehead atoms. The van der Waals surface area contributed by atoms with Gasteiger partial charge in [0, 0.05) is 12.8 Å². The van der Waals surface area contributed by atoms with E-state index in [2.05, 4.69) is 20.4 Å². The second-order valence-electron chi connectivity index (χ2n) is 4.05. The molecule has 1 N–H and O–H groups in total. The van der Waals surface area contributed by atoms with E-state index in [0.29, 0.717) is 13.1 Å². The minimum Gasteiger partial charge on any atom is -0.476 e. The molecule has 0 aliphatic carbocycles. The maximum absolute atomic E-state index is 10.7. The van der Waals surface area contributed by atoms with Crippen LogP contribution in [0.1, 0.15) is 36.0 Å². The smallest absolute Gasteiger partial charge is 0.358 e. The summed E-state index contributed by atoms with van der Waals surface area (Å²) >= 11 is 0. The molecular weight excluding hydrogens is 248 g/mol. The van der Waals surface area contributed by atoms with Crippen molar-refractivity contribution in [2.24, 2.45) is 0 Å². The van der Waals surface area contributed by atoms with E-state index in [-0.39, 0.29) is 5.69 Å². The van der Waals surface area contributed by atoms with E-state index < -0.39 is 5.97 Å². The topological polar surface area (TPSA) is 98.7 Å². The van der Waals surface area contributed by atoms with Gasteiger partial charge < -0.3 is 5.11 Å². The van der Waals surface area contributed by atoms with Crippen molar-refractivity contribution in [3.05, 3.63) is 23.5 Å². The number of carboxylic acid groups (broad SMARTS) is 1. The fraction of sp³-hybridized carbons (Fsp3) is 0.545. The second-order valence-corrected chi connectivity index (χ2v) is 4.05. The zero-order valence-corrected chi connectivity index (χ0v) is 10.9. The average Bonchev–Trinajstić information content (AvgIpc) is 3.02. The molecule has 0 fully saturated rings. The van der Waals surface area contributed by atoms with Crippen molar-refractivity contribution in [2.75, 3.05) is 0 Å². The summed E-state index contributed by atoms with van der Waals surface area (Å²) in [6, 6.07) is 0.